The summed E-state index contributed by atoms with van der Waals surface area (Å²) in [4.78, 5) is 13.5. The minimum atomic E-state index is -1.26. The van der Waals surface area contributed by atoms with E-state index in [2.05, 4.69) is 19.2 Å². The van der Waals surface area contributed by atoms with Gasteiger partial charge in [0.2, 0.25) is 0 Å². The predicted octanol–water partition coefficient (Wildman–Crippen LogP) is 3.22. The second kappa shape index (κ2) is 6.89. The average molecular weight is 294 g/mol. The first-order chi connectivity index (χ1) is 10.1. The number of carbonyl (C=O) groups is 1. The van der Waals surface area contributed by atoms with Gasteiger partial charge >= 0.3 is 0 Å². The molecular formula is C16H23FN2O2. The lowest BCUT2D eigenvalue weighted by Gasteiger charge is -2.25. The smallest absolute Gasteiger partial charge is 0.257 e. The Labute approximate surface area is 125 Å². The van der Waals surface area contributed by atoms with Crippen molar-refractivity contribution in [3.05, 3.63) is 23.5 Å². The Morgan fingerprint density at radius 2 is 1.86 bits per heavy atom. The fourth-order valence-electron chi connectivity index (χ4n) is 2.55. The number of hydrogen-bond acceptors (Lipinski definition) is 3. The van der Waals surface area contributed by atoms with Gasteiger partial charge in [0, 0.05) is 24.3 Å². The van der Waals surface area contributed by atoms with Crippen LogP contribution >= 0.6 is 0 Å². The predicted molar refractivity (Wildman–Crippen MR) is 82.0 cm³/mol. The van der Waals surface area contributed by atoms with Crippen LogP contribution in [0.5, 0.6) is 0 Å². The van der Waals surface area contributed by atoms with E-state index in [4.69, 9.17) is 0 Å². The Kier molecular flexibility index (Phi) is 5.17. The lowest BCUT2D eigenvalue weighted by Crippen LogP contribution is -2.26. The minimum Gasteiger partial charge on any atom is -0.378 e. The highest BCUT2D eigenvalue weighted by atomic mass is 19.1. The van der Waals surface area contributed by atoms with Crippen molar-refractivity contribution in [3.8, 4) is 0 Å². The van der Waals surface area contributed by atoms with Gasteiger partial charge in [-0.2, -0.15) is 0 Å². The highest BCUT2D eigenvalue weighted by molar-refractivity contribution is 6.02. The third kappa shape index (κ3) is 3.35. The molecule has 0 radical (unpaired) electrons. The van der Waals surface area contributed by atoms with Crippen LogP contribution in [0.2, 0.25) is 0 Å². The number of amides is 1. The Morgan fingerprint density at radius 3 is 2.43 bits per heavy atom. The normalized spacial score (nSPS) is 16.8. The van der Waals surface area contributed by atoms with Gasteiger partial charge in [-0.3, -0.25) is 4.79 Å². The van der Waals surface area contributed by atoms with Gasteiger partial charge in [-0.25, -0.2) is 4.39 Å². The van der Waals surface area contributed by atoms with Crippen LogP contribution in [0.3, 0.4) is 0 Å². The summed E-state index contributed by atoms with van der Waals surface area (Å²) in [5.74, 6) is -0.869. The molecule has 4 nitrogen and oxygen atoms in total. The van der Waals surface area contributed by atoms with E-state index in [-0.39, 0.29) is 5.82 Å². The molecule has 2 N–H and O–H groups in total. The molecule has 0 saturated carbocycles. The fourth-order valence-corrected chi connectivity index (χ4v) is 2.55. The monoisotopic (exact) mass is 294 g/mol. The zero-order valence-electron chi connectivity index (χ0n) is 12.7. The second-order valence-corrected chi connectivity index (χ2v) is 5.48. The van der Waals surface area contributed by atoms with Crippen molar-refractivity contribution >= 4 is 17.3 Å². The Balaban J connectivity index is 2.28. The van der Waals surface area contributed by atoms with Crippen molar-refractivity contribution in [2.24, 2.45) is 0 Å². The zero-order valence-corrected chi connectivity index (χ0v) is 12.7. The van der Waals surface area contributed by atoms with Crippen LogP contribution in [-0.4, -0.2) is 24.1 Å². The number of benzene rings is 1. The first-order valence-electron chi connectivity index (χ1n) is 7.65. The maximum Gasteiger partial charge on any atom is 0.257 e. The molecule has 0 aliphatic carbocycles. The molecule has 0 fully saturated rings. The molecule has 5 heteroatoms. The van der Waals surface area contributed by atoms with Gasteiger partial charge < -0.3 is 15.3 Å². The van der Waals surface area contributed by atoms with Crippen LogP contribution < -0.4 is 10.2 Å². The third-order valence-corrected chi connectivity index (χ3v) is 3.82. The first kappa shape index (κ1) is 15.8. The largest absolute Gasteiger partial charge is 0.378 e. The van der Waals surface area contributed by atoms with E-state index in [0.29, 0.717) is 16.9 Å². The lowest BCUT2D eigenvalue weighted by molar-refractivity contribution is -0.123. The topological polar surface area (TPSA) is 52.6 Å². The van der Waals surface area contributed by atoms with Crippen LogP contribution in [0, 0.1) is 5.82 Å². The van der Waals surface area contributed by atoms with Gasteiger partial charge in [-0.05, 0) is 25.0 Å². The van der Waals surface area contributed by atoms with E-state index in [9.17, 15) is 14.3 Å². The minimum absolute atomic E-state index is 0.326. The molecule has 1 amide bonds. The molecule has 0 bridgehead atoms. The average Bonchev–Trinajstić information content (AvgIpc) is 2.74. The number of halogens is 1. The summed E-state index contributed by atoms with van der Waals surface area (Å²) in [7, 11) is 0. The SMILES string of the molecule is CCCCN(CCCC)c1cc2c(cc1F)C(O)C(=O)N2. The summed E-state index contributed by atoms with van der Waals surface area (Å²) < 4.78 is 14.4. The van der Waals surface area contributed by atoms with Crippen LogP contribution in [0.1, 0.15) is 51.2 Å². The molecule has 0 spiro atoms. The van der Waals surface area contributed by atoms with Crippen molar-refractivity contribution in [1.29, 1.82) is 0 Å². The molecule has 1 atom stereocenters. The summed E-state index contributed by atoms with van der Waals surface area (Å²) in [5, 5.41) is 12.3. The maximum absolute atomic E-state index is 14.4. The summed E-state index contributed by atoms with van der Waals surface area (Å²) in [6, 6.07) is 2.92. The number of unbranched alkanes of at least 4 members (excludes halogenated alkanes) is 2. The quantitative estimate of drug-likeness (QED) is 0.812. The number of carbonyl (C=O) groups excluding carboxylic acids is 1. The molecule has 1 aromatic carbocycles. The number of aliphatic hydroxyl groups excluding tert-OH is 1. The molecule has 21 heavy (non-hydrogen) atoms. The molecule has 0 saturated heterocycles. The van der Waals surface area contributed by atoms with Gasteiger partial charge in [0.05, 0.1) is 5.69 Å². The molecular weight excluding hydrogens is 271 g/mol. The van der Waals surface area contributed by atoms with Crippen molar-refractivity contribution in [3.63, 3.8) is 0 Å². The molecule has 2 rings (SSSR count). The van der Waals surface area contributed by atoms with Gasteiger partial charge in [-0.15, -0.1) is 0 Å². The van der Waals surface area contributed by atoms with Crippen LogP contribution in [0.4, 0.5) is 15.8 Å². The van der Waals surface area contributed by atoms with Crippen LogP contribution in [0.15, 0.2) is 12.1 Å². The van der Waals surface area contributed by atoms with E-state index < -0.39 is 12.0 Å². The van der Waals surface area contributed by atoms with Crippen molar-refractivity contribution < 1.29 is 14.3 Å². The van der Waals surface area contributed by atoms with Crippen molar-refractivity contribution in [1.82, 2.24) is 0 Å². The molecule has 1 aromatic rings. The number of hydrogen-bond donors (Lipinski definition) is 2. The Bertz CT molecular complexity index is 511. The van der Waals surface area contributed by atoms with Gasteiger partial charge in [0.25, 0.3) is 5.91 Å². The molecule has 1 aliphatic heterocycles. The maximum atomic E-state index is 14.4. The number of fused-ring (bicyclic) bond motifs is 1. The molecule has 1 heterocycles. The fraction of sp³-hybridized carbons (Fsp3) is 0.562. The van der Waals surface area contributed by atoms with E-state index in [0.717, 1.165) is 38.8 Å². The summed E-state index contributed by atoms with van der Waals surface area (Å²) in [6.07, 6.45) is 2.82. The van der Waals surface area contributed by atoms with E-state index in [1.807, 2.05) is 4.90 Å². The number of rotatable bonds is 7. The summed E-state index contributed by atoms with van der Waals surface area (Å²) >= 11 is 0. The third-order valence-electron chi connectivity index (χ3n) is 3.82. The Morgan fingerprint density at radius 1 is 1.24 bits per heavy atom. The van der Waals surface area contributed by atoms with Crippen molar-refractivity contribution in [2.45, 2.75) is 45.6 Å². The highest BCUT2D eigenvalue weighted by Crippen LogP contribution is 2.36. The van der Waals surface area contributed by atoms with Crippen molar-refractivity contribution in [2.75, 3.05) is 23.3 Å². The standard InChI is InChI=1S/C16H23FN2O2/c1-3-5-7-19(8-6-4-2)14-10-13-11(9-12(14)17)15(20)16(21)18-13/h9-10,15,20H,3-8H2,1-2H3,(H,18,21). The Hall–Kier alpha value is -1.62. The summed E-state index contributed by atoms with van der Waals surface area (Å²) in [5.41, 5.74) is 1.35. The van der Waals surface area contributed by atoms with Gasteiger partial charge in [0.1, 0.15) is 5.82 Å². The molecule has 0 aromatic heterocycles. The van der Waals surface area contributed by atoms with Gasteiger partial charge in [0.15, 0.2) is 6.10 Å². The number of nitrogens with zero attached hydrogens (tertiary/aromatic N) is 1. The molecule has 1 unspecified atom stereocenters. The molecule has 116 valence electrons. The van der Waals surface area contributed by atoms with Crippen LogP contribution in [0.25, 0.3) is 0 Å². The number of anilines is 2. The van der Waals surface area contributed by atoms with Gasteiger partial charge in [-0.1, -0.05) is 26.7 Å². The number of nitrogens with one attached hydrogen (secondary N) is 1. The summed E-state index contributed by atoms with van der Waals surface area (Å²) in [6.45, 7) is 5.80. The molecule has 1 aliphatic rings. The zero-order chi connectivity index (χ0) is 15.4. The van der Waals surface area contributed by atoms with E-state index in [1.54, 1.807) is 6.07 Å². The van der Waals surface area contributed by atoms with E-state index >= 15 is 0 Å². The second-order valence-electron chi connectivity index (χ2n) is 5.48. The lowest BCUT2D eigenvalue weighted by atomic mass is 10.1. The van der Waals surface area contributed by atoms with Crippen LogP contribution in [-0.2, 0) is 4.79 Å². The van der Waals surface area contributed by atoms with E-state index in [1.165, 1.54) is 6.07 Å². The number of aliphatic hydroxyl groups is 1. The highest BCUT2D eigenvalue weighted by Gasteiger charge is 2.30. The first-order valence-corrected chi connectivity index (χ1v) is 7.65.